The van der Waals surface area contributed by atoms with Crippen LogP contribution in [0.2, 0.25) is 0 Å². The van der Waals surface area contributed by atoms with Crippen LogP contribution in [-0.2, 0) is 11.2 Å². The molecule has 2 rings (SSSR count). The van der Waals surface area contributed by atoms with Crippen LogP contribution in [0, 0.1) is 6.92 Å². The molecule has 2 aromatic rings. The van der Waals surface area contributed by atoms with Gasteiger partial charge in [0.2, 0.25) is 5.91 Å². The summed E-state index contributed by atoms with van der Waals surface area (Å²) in [6, 6.07) is 3.56. The van der Waals surface area contributed by atoms with Crippen molar-refractivity contribution >= 4 is 28.9 Å². The number of carbonyl (C=O) groups excluding carboxylic acids is 1. The summed E-state index contributed by atoms with van der Waals surface area (Å²) >= 11 is 1.11. The van der Waals surface area contributed by atoms with Gasteiger partial charge in [0.15, 0.2) is 0 Å². The van der Waals surface area contributed by atoms with Crippen molar-refractivity contribution < 1.29 is 19.1 Å². The Labute approximate surface area is 113 Å². The summed E-state index contributed by atoms with van der Waals surface area (Å²) < 4.78 is 5.13. The number of nitrogens with one attached hydrogen (secondary N) is 1. The Kier molecular flexibility index (Phi) is 4.01. The molecule has 0 aliphatic heterocycles. The zero-order chi connectivity index (χ0) is 13.8. The van der Waals surface area contributed by atoms with Gasteiger partial charge in [-0.05, 0) is 30.0 Å². The summed E-state index contributed by atoms with van der Waals surface area (Å²) in [6.45, 7) is 1.77. The van der Waals surface area contributed by atoms with Gasteiger partial charge in [-0.3, -0.25) is 4.79 Å². The predicted molar refractivity (Wildman–Crippen MR) is 71.7 cm³/mol. The topological polar surface area (TPSA) is 79.5 Å². The standard InChI is InChI=1S/C13H13NO4S/c1-8-7-19-12(13(16)17)11(8)14-10(15)5-4-9-3-2-6-18-9/h2-3,6-7H,4-5H2,1H3,(H,14,15)(H,16,17). The molecular weight excluding hydrogens is 266 g/mol. The summed E-state index contributed by atoms with van der Waals surface area (Å²) in [6.07, 6.45) is 2.30. The van der Waals surface area contributed by atoms with Crippen molar-refractivity contribution in [2.45, 2.75) is 19.8 Å². The van der Waals surface area contributed by atoms with Crippen LogP contribution in [0.5, 0.6) is 0 Å². The van der Waals surface area contributed by atoms with E-state index < -0.39 is 5.97 Å². The van der Waals surface area contributed by atoms with Crippen LogP contribution in [-0.4, -0.2) is 17.0 Å². The maximum atomic E-state index is 11.8. The third-order valence-corrected chi connectivity index (χ3v) is 3.70. The van der Waals surface area contributed by atoms with Gasteiger partial charge in [0, 0.05) is 12.8 Å². The molecule has 0 spiro atoms. The fourth-order valence-corrected chi connectivity index (χ4v) is 2.49. The Morgan fingerprint density at radius 2 is 2.26 bits per heavy atom. The zero-order valence-electron chi connectivity index (χ0n) is 10.3. The van der Waals surface area contributed by atoms with Crippen molar-refractivity contribution in [3.05, 3.63) is 40.0 Å². The van der Waals surface area contributed by atoms with Gasteiger partial charge in [0.25, 0.3) is 0 Å². The lowest BCUT2D eigenvalue weighted by Gasteiger charge is -2.05. The number of thiophene rings is 1. The molecule has 2 heterocycles. The number of carboxylic acid groups (broad SMARTS) is 1. The highest BCUT2D eigenvalue weighted by atomic mass is 32.1. The van der Waals surface area contributed by atoms with E-state index in [0.29, 0.717) is 12.1 Å². The van der Waals surface area contributed by atoms with Crippen LogP contribution in [0.4, 0.5) is 5.69 Å². The second kappa shape index (κ2) is 5.71. The Morgan fingerprint density at radius 1 is 1.47 bits per heavy atom. The molecule has 0 fully saturated rings. The molecule has 0 unspecified atom stereocenters. The Bertz CT molecular complexity index is 586. The van der Waals surface area contributed by atoms with Crippen molar-refractivity contribution in [3.8, 4) is 0 Å². The molecule has 0 aromatic carbocycles. The number of hydrogen-bond donors (Lipinski definition) is 2. The molecule has 0 aliphatic rings. The van der Waals surface area contributed by atoms with Crippen LogP contribution in [0.15, 0.2) is 28.2 Å². The van der Waals surface area contributed by atoms with Crippen LogP contribution in [0.1, 0.15) is 27.4 Å². The van der Waals surface area contributed by atoms with Crippen molar-refractivity contribution in [3.63, 3.8) is 0 Å². The molecular formula is C13H13NO4S. The molecule has 0 radical (unpaired) electrons. The molecule has 19 heavy (non-hydrogen) atoms. The molecule has 0 aliphatic carbocycles. The Hall–Kier alpha value is -2.08. The average Bonchev–Trinajstić information content (AvgIpc) is 2.98. The van der Waals surface area contributed by atoms with Crippen molar-refractivity contribution in [1.82, 2.24) is 0 Å². The number of aryl methyl sites for hydroxylation is 2. The van der Waals surface area contributed by atoms with Gasteiger partial charge < -0.3 is 14.8 Å². The number of anilines is 1. The Balaban J connectivity index is 1.99. The maximum absolute atomic E-state index is 11.8. The van der Waals surface area contributed by atoms with E-state index in [9.17, 15) is 9.59 Å². The summed E-state index contributed by atoms with van der Waals surface area (Å²) in [4.78, 5) is 23.0. The summed E-state index contributed by atoms with van der Waals surface area (Å²) in [5.74, 6) is -0.518. The fourth-order valence-electron chi connectivity index (χ4n) is 1.65. The quantitative estimate of drug-likeness (QED) is 0.882. The molecule has 0 bridgehead atoms. The summed E-state index contributed by atoms with van der Waals surface area (Å²) in [5, 5.41) is 13.4. The van der Waals surface area contributed by atoms with Gasteiger partial charge in [0.1, 0.15) is 10.6 Å². The van der Waals surface area contributed by atoms with Crippen molar-refractivity contribution in [2.75, 3.05) is 5.32 Å². The molecule has 6 heteroatoms. The minimum Gasteiger partial charge on any atom is -0.477 e. The number of aromatic carboxylic acids is 1. The van der Waals surface area contributed by atoms with E-state index in [4.69, 9.17) is 9.52 Å². The van der Waals surface area contributed by atoms with Crippen LogP contribution in [0.25, 0.3) is 0 Å². The van der Waals surface area contributed by atoms with E-state index in [1.807, 2.05) is 0 Å². The van der Waals surface area contributed by atoms with Crippen molar-refractivity contribution in [2.24, 2.45) is 0 Å². The maximum Gasteiger partial charge on any atom is 0.348 e. The molecule has 2 N–H and O–H groups in total. The lowest BCUT2D eigenvalue weighted by Crippen LogP contribution is -2.14. The first-order chi connectivity index (χ1) is 9.08. The summed E-state index contributed by atoms with van der Waals surface area (Å²) in [5.41, 5.74) is 1.15. The van der Waals surface area contributed by atoms with Gasteiger partial charge in [-0.2, -0.15) is 0 Å². The second-order valence-corrected chi connectivity index (χ2v) is 4.94. The molecule has 1 amide bonds. The lowest BCUT2D eigenvalue weighted by molar-refractivity contribution is -0.116. The van der Waals surface area contributed by atoms with E-state index in [-0.39, 0.29) is 17.2 Å². The molecule has 100 valence electrons. The normalized spacial score (nSPS) is 10.4. The minimum absolute atomic E-state index is 0.156. The molecule has 0 saturated carbocycles. The first-order valence-corrected chi connectivity index (χ1v) is 6.59. The van der Waals surface area contributed by atoms with E-state index in [1.165, 1.54) is 0 Å². The fraction of sp³-hybridized carbons (Fsp3) is 0.231. The van der Waals surface area contributed by atoms with Gasteiger partial charge in [-0.25, -0.2) is 4.79 Å². The van der Waals surface area contributed by atoms with Crippen LogP contribution in [0.3, 0.4) is 0 Å². The smallest absolute Gasteiger partial charge is 0.348 e. The molecule has 0 atom stereocenters. The van der Waals surface area contributed by atoms with E-state index >= 15 is 0 Å². The number of hydrogen-bond acceptors (Lipinski definition) is 4. The number of carboxylic acids is 1. The second-order valence-electron chi connectivity index (χ2n) is 4.06. The highest BCUT2D eigenvalue weighted by Crippen LogP contribution is 2.27. The van der Waals surface area contributed by atoms with Crippen LogP contribution < -0.4 is 5.32 Å². The molecule has 0 saturated heterocycles. The predicted octanol–water partition coefficient (Wildman–Crippen LogP) is 2.92. The highest BCUT2D eigenvalue weighted by Gasteiger charge is 2.17. The molecule has 2 aromatic heterocycles. The van der Waals surface area contributed by atoms with Crippen LogP contribution >= 0.6 is 11.3 Å². The zero-order valence-corrected chi connectivity index (χ0v) is 11.1. The lowest BCUT2D eigenvalue weighted by atomic mass is 10.2. The monoisotopic (exact) mass is 279 g/mol. The van der Waals surface area contributed by atoms with Gasteiger partial charge in [-0.1, -0.05) is 0 Å². The van der Waals surface area contributed by atoms with E-state index in [0.717, 1.165) is 22.7 Å². The summed E-state index contributed by atoms with van der Waals surface area (Å²) in [7, 11) is 0. The van der Waals surface area contributed by atoms with Crippen molar-refractivity contribution in [1.29, 1.82) is 0 Å². The number of furan rings is 1. The highest BCUT2D eigenvalue weighted by molar-refractivity contribution is 7.12. The van der Waals surface area contributed by atoms with E-state index in [1.54, 1.807) is 30.7 Å². The third-order valence-electron chi connectivity index (χ3n) is 2.61. The largest absolute Gasteiger partial charge is 0.477 e. The first kappa shape index (κ1) is 13.4. The SMILES string of the molecule is Cc1csc(C(=O)O)c1NC(=O)CCc1ccco1. The van der Waals surface area contributed by atoms with Gasteiger partial charge in [0.05, 0.1) is 12.0 Å². The number of carbonyl (C=O) groups is 2. The third kappa shape index (κ3) is 3.23. The van der Waals surface area contributed by atoms with Gasteiger partial charge in [-0.15, -0.1) is 11.3 Å². The van der Waals surface area contributed by atoms with E-state index in [2.05, 4.69) is 5.32 Å². The number of rotatable bonds is 5. The molecule has 5 nitrogen and oxygen atoms in total. The van der Waals surface area contributed by atoms with Gasteiger partial charge >= 0.3 is 5.97 Å². The number of amides is 1. The Morgan fingerprint density at radius 3 is 2.89 bits per heavy atom. The average molecular weight is 279 g/mol. The minimum atomic E-state index is -1.03. The first-order valence-electron chi connectivity index (χ1n) is 5.71.